The third-order valence-electron chi connectivity index (χ3n) is 6.15. The van der Waals surface area contributed by atoms with Crippen molar-refractivity contribution in [2.24, 2.45) is 5.92 Å². The quantitative estimate of drug-likeness (QED) is 0.412. The number of halogens is 1. The van der Waals surface area contributed by atoms with Gasteiger partial charge in [0, 0.05) is 31.7 Å². The lowest BCUT2D eigenvalue weighted by Gasteiger charge is -2.37. The molecule has 0 bridgehead atoms. The number of amides is 1. The zero-order valence-electron chi connectivity index (χ0n) is 20.0. The maximum absolute atomic E-state index is 12.8. The number of likely N-dealkylation sites (tertiary alicyclic amines) is 1. The largest absolute Gasteiger partial charge is 0.346 e. The first kappa shape index (κ1) is 23.8. The second-order valence-corrected chi connectivity index (χ2v) is 11.2. The van der Waals surface area contributed by atoms with Crippen molar-refractivity contribution in [2.45, 2.75) is 38.8 Å². The van der Waals surface area contributed by atoms with E-state index in [0.29, 0.717) is 15.3 Å². The van der Waals surface area contributed by atoms with Crippen LogP contribution in [0.1, 0.15) is 41.9 Å². The van der Waals surface area contributed by atoms with Crippen LogP contribution < -0.4 is 5.32 Å². The van der Waals surface area contributed by atoms with E-state index in [1.54, 1.807) is 6.20 Å². The van der Waals surface area contributed by atoms with Crippen molar-refractivity contribution in [1.82, 2.24) is 34.7 Å². The molecule has 2 atom stereocenters. The first-order valence-corrected chi connectivity index (χ1v) is 13.0. The van der Waals surface area contributed by atoms with E-state index in [1.807, 2.05) is 24.4 Å². The number of likely N-dealkylation sites (N-methyl/N-ethyl adjacent to an activating group) is 1. The molecule has 8 nitrogen and oxygen atoms in total. The molecule has 0 aliphatic carbocycles. The van der Waals surface area contributed by atoms with E-state index in [4.69, 9.17) is 16.6 Å². The summed E-state index contributed by atoms with van der Waals surface area (Å²) < 4.78 is 2.87. The van der Waals surface area contributed by atoms with Gasteiger partial charge in [-0.1, -0.05) is 42.9 Å². The maximum atomic E-state index is 12.8. The van der Waals surface area contributed by atoms with Crippen molar-refractivity contribution in [3.63, 3.8) is 0 Å². The van der Waals surface area contributed by atoms with Gasteiger partial charge in [-0.05, 0) is 37.6 Å². The minimum absolute atomic E-state index is 0.0182. The Morgan fingerprint density at radius 3 is 2.77 bits per heavy atom. The van der Waals surface area contributed by atoms with Crippen LogP contribution in [0.2, 0.25) is 4.34 Å². The fourth-order valence-electron chi connectivity index (χ4n) is 4.81. The molecule has 10 heteroatoms. The Balaban J connectivity index is 1.49. The van der Waals surface area contributed by atoms with Gasteiger partial charge >= 0.3 is 0 Å². The molecule has 182 valence electrons. The van der Waals surface area contributed by atoms with Crippen molar-refractivity contribution >= 4 is 39.9 Å². The van der Waals surface area contributed by atoms with Crippen molar-refractivity contribution in [1.29, 1.82) is 0 Å². The predicted molar refractivity (Wildman–Crippen MR) is 139 cm³/mol. The van der Waals surface area contributed by atoms with E-state index < -0.39 is 0 Å². The second kappa shape index (κ2) is 10.0. The Morgan fingerprint density at radius 1 is 1.20 bits per heavy atom. The number of pyridine rings is 2. The zero-order valence-corrected chi connectivity index (χ0v) is 21.6. The highest BCUT2D eigenvalue weighted by Gasteiger charge is 2.31. The predicted octanol–water partition coefficient (Wildman–Crippen LogP) is 4.48. The number of thiazole rings is 1. The molecule has 4 aromatic rings. The molecular formula is C25H28ClN7OS. The number of imidazole rings is 1. The van der Waals surface area contributed by atoms with E-state index in [2.05, 4.69) is 56.7 Å². The van der Waals surface area contributed by atoms with Gasteiger partial charge in [-0.15, -0.1) is 0 Å². The molecule has 5 rings (SSSR count). The van der Waals surface area contributed by atoms with Gasteiger partial charge in [0.05, 0.1) is 35.3 Å². The van der Waals surface area contributed by atoms with Gasteiger partial charge in [-0.3, -0.25) is 14.8 Å². The Labute approximate surface area is 213 Å². The smallest absolute Gasteiger partial charge is 0.280 e. The molecule has 5 heterocycles. The van der Waals surface area contributed by atoms with Crippen LogP contribution in [0.5, 0.6) is 0 Å². The highest BCUT2D eigenvalue weighted by molar-refractivity contribution is 7.17. The molecule has 0 saturated carbocycles. The first-order valence-electron chi connectivity index (χ1n) is 11.8. The van der Waals surface area contributed by atoms with Crippen molar-refractivity contribution in [3.05, 3.63) is 58.0 Å². The lowest BCUT2D eigenvalue weighted by atomic mass is 10.00. The van der Waals surface area contributed by atoms with E-state index >= 15 is 0 Å². The number of rotatable bonds is 6. The molecule has 0 aromatic carbocycles. The van der Waals surface area contributed by atoms with Gasteiger partial charge in [-0.25, -0.2) is 9.97 Å². The van der Waals surface area contributed by atoms with Crippen LogP contribution >= 0.6 is 22.9 Å². The first-order chi connectivity index (χ1) is 16.9. The van der Waals surface area contributed by atoms with Crippen LogP contribution in [-0.4, -0.2) is 61.5 Å². The molecule has 35 heavy (non-hydrogen) atoms. The third-order valence-corrected chi connectivity index (χ3v) is 7.26. The monoisotopic (exact) mass is 509 g/mol. The lowest BCUT2D eigenvalue weighted by Crippen LogP contribution is -2.50. The molecule has 1 saturated heterocycles. The fourth-order valence-corrected chi connectivity index (χ4v) is 5.62. The number of piperidine rings is 1. The number of nitrogens with zero attached hydrogens (tertiary/aromatic N) is 6. The van der Waals surface area contributed by atoms with E-state index in [1.165, 1.54) is 17.5 Å². The minimum atomic E-state index is -0.180. The standard InChI is InChI=1S/C25H28ClN7OS/c1-15(2)8-23-31-20-11-28-19(18-6-4-5-7-27-18)10-21(20)33(23)17-9-16(13-32(3)14-17)30-24(34)25-29-12-22(26)35-25/h4-7,10-12,15-17H,8-9,13-14H2,1-3H3,(H,30,34)/t16-,17?/m1/s1. The minimum Gasteiger partial charge on any atom is -0.346 e. The van der Waals surface area contributed by atoms with E-state index in [-0.39, 0.29) is 18.0 Å². The summed E-state index contributed by atoms with van der Waals surface area (Å²) in [5.41, 5.74) is 3.59. The molecule has 4 aromatic heterocycles. The van der Waals surface area contributed by atoms with Gasteiger partial charge in [0.25, 0.3) is 5.91 Å². The maximum Gasteiger partial charge on any atom is 0.280 e. The molecule has 1 amide bonds. The molecule has 1 unspecified atom stereocenters. The van der Waals surface area contributed by atoms with Crippen LogP contribution in [0, 0.1) is 5.92 Å². The van der Waals surface area contributed by atoms with Crippen molar-refractivity contribution < 1.29 is 4.79 Å². The summed E-state index contributed by atoms with van der Waals surface area (Å²) in [5, 5.41) is 3.56. The Bertz CT molecular complexity index is 1340. The molecule has 0 spiro atoms. The zero-order chi connectivity index (χ0) is 24.5. The van der Waals surface area contributed by atoms with Gasteiger partial charge in [-0.2, -0.15) is 0 Å². The normalized spacial score (nSPS) is 18.9. The fraction of sp³-hybridized carbons (Fsp3) is 0.400. The average molecular weight is 510 g/mol. The van der Waals surface area contributed by atoms with E-state index in [9.17, 15) is 4.79 Å². The van der Waals surface area contributed by atoms with Crippen LogP contribution in [0.3, 0.4) is 0 Å². The SMILES string of the molecule is CC(C)Cc1nc2cnc(-c3ccccn3)cc2n1C1C[C@@H](NC(=O)c2ncc(Cl)s2)CN(C)C1. The molecule has 0 radical (unpaired) electrons. The van der Waals surface area contributed by atoms with Crippen molar-refractivity contribution in [2.75, 3.05) is 20.1 Å². The molecular weight excluding hydrogens is 482 g/mol. The topological polar surface area (TPSA) is 88.8 Å². The summed E-state index contributed by atoms with van der Waals surface area (Å²) >= 11 is 7.18. The molecule has 1 aliphatic heterocycles. The molecule has 1 fully saturated rings. The van der Waals surface area contributed by atoms with Crippen molar-refractivity contribution in [3.8, 4) is 11.4 Å². The highest BCUT2D eigenvalue weighted by Crippen LogP contribution is 2.31. The summed E-state index contributed by atoms with van der Waals surface area (Å²) in [6, 6.07) is 8.06. The highest BCUT2D eigenvalue weighted by atomic mass is 35.5. The number of hydrogen-bond acceptors (Lipinski definition) is 7. The Morgan fingerprint density at radius 2 is 2.06 bits per heavy atom. The second-order valence-electron chi connectivity index (χ2n) is 9.52. The average Bonchev–Trinajstić information content (AvgIpc) is 3.41. The summed E-state index contributed by atoms with van der Waals surface area (Å²) in [4.78, 5) is 33.3. The number of nitrogens with one attached hydrogen (secondary N) is 1. The third kappa shape index (κ3) is 5.22. The summed E-state index contributed by atoms with van der Waals surface area (Å²) in [6.07, 6.45) is 6.80. The van der Waals surface area contributed by atoms with Gasteiger partial charge < -0.3 is 14.8 Å². The number of fused-ring (bicyclic) bond motifs is 1. The Kier molecular flexibility index (Phi) is 6.82. The Hall–Kier alpha value is -2.88. The van der Waals surface area contributed by atoms with Gasteiger partial charge in [0.15, 0.2) is 5.01 Å². The van der Waals surface area contributed by atoms with Crippen LogP contribution in [0.25, 0.3) is 22.4 Å². The van der Waals surface area contributed by atoms with Gasteiger partial charge in [0.1, 0.15) is 15.7 Å². The number of hydrogen-bond donors (Lipinski definition) is 1. The van der Waals surface area contributed by atoms with Crippen LogP contribution in [0.4, 0.5) is 0 Å². The summed E-state index contributed by atoms with van der Waals surface area (Å²) in [6.45, 7) is 6.05. The number of aromatic nitrogens is 5. The van der Waals surface area contributed by atoms with E-state index in [0.717, 1.165) is 54.2 Å². The molecule has 1 aliphatic rings. The summed E-state index contributed by atoms with van der Waals surface area (Å²) in [5.74, 6) is 1.33. The van der Waals surface area contributed by atoms with Crippen LogP contribution in [-0.2, 0) is 6.42 Å². The summed E-state index contributed by atoms with van der Waals surface area (Å²) in [7, 11) is 2.09. The lowest BCUT2D eigenvalue weighted by molar-refractivity contribution is 0.0892. The van der Waals surface area contributed by atoms with Gasteiger partial charge in [0.2, 0.25) is 0 Å². The van der Waals surface area contributed by atoms with Crippen LogP contribution in [0.15, 0.2) is 42.9 Å². The number of carbonyl (C=O) groups is 1. The molecule has 1 N–H and O–H groups in total. The number of carbonyl (C=O) groups excluding carboxylic acids is 1.